The molecular weight excluding hydrogens is 406 g/mol. The van der Waals surface area contributed by atoms with Crippen LogP contribution in [0.25, 0.3) is 10.9 Å². The molecule has 0 bridgehead atoms. The van der Waals surface area contributed by atoms with Crippen LogP contribution in [0.3, 0.4) is 0 Å². The summed E-state index contributed by atoms with van der Waals surface area (Å²) < 4.78 is 12.0. The molecule has 3 aromatic rings. The van der Waals surface area contributed by atoms with Crippen LogP contribution in [-0.4, -0.2) is 35.1 Å². The van der Waals surface area contributed by atoms with E-state index in [-0.39, 0.29) is 18.1 Å². The minimum atomic E-state index is -0.436. The molecule has 0 saturated heterocycles. The van der Waals surface area contributed by atoms with Crippen molar-refractivity contribution in [1.82, 2.24) is 9.66 Å². The van der Waals surface area contributed by atoms with Gasteiger partial charge in [0.1, 0.15) is 11.6 Å². The summed E-state index contributed by atoms with van der Waals surface area (Å²) in [5.74, 6) is 0.960. The maximum Gasteiger partial charge on any atom is 0.344 e. The van der Waals surface area contributed by atoms with E-state index < -0.39 is 5.97 Å². The largest absolute Gasteiger partial charge is 0.481 e. The van der Waals surface area contributed by atoms with Crippen LogP contribution < -0.4 is 10.3 Å². The van der Waals surface area contributed by atoms with Crippen molar-refractivity contribution in [2.24, 2.45) is 5.10 Å². The number of rotatable bonds is 7. The summed E-state index contributed by atoms with van der Waals surface area (Å²) in [5.41, 5.74) is 1.17. The van der Waals surface area contributed by atoms with Gasteiger partial charge in [-0.2, -0.15) is 9.78 Å². The Morgan fingerprint density at radius 3 is 2.69 bits per heavy atom. The first-order valence-corrected chi connectivity index (χ1v) is 11.1. The maximum absolute atomic E-state index is 13.3. The van der Waals surface area contributed by atoms with Crippen molar-refractivity contribution in [3.63, 3.8) is 0 Å². The highest BCUT2D eigenvalue weighted by Gasteiger charge is 2.22. The van der Waals surface area contributed by atoms with Crippen molar-refractivity contribution in [2.75, 3.05) is 13.2 Å². The van der Waals surface area contributed by atoms with Crippen LogP contribution in [0.1, 0.15) is 56.3 Å². The predicted octanol–water partition coefficient (Wildman–Crippen LogP) is 4.27. The zero-order valence-electron chi connectivity index (χ0n) is 18.2. The Balaban J connectivity index is 1.70. The van der Waals surface area contributed by atoms with Gasteiger partial charge in [-0.1, -0.05) is 43.5 Å². The number of esters is 1. The van der Waals surface area contributed by atoms with E-state index in [2.05, 4.69) is 5.10 Å². The topological polar surface area (TPSA) is 82.8 Å². The maximum atomic E-state index is 13.3. The highest BCUT2D eigenvalue weighted by atomic mass is 16.6. The molecule has 0 aliphatic heterocycles. The van der Waals surface area contributed by atoms with E-state index in [1.165, 1.54) is 11.1 Å². The molecule has 0 amide bonds. The van der Waals surface area contributed by atoms with Crippen molar-refractivity contribution in [3.05, 3.63) is 70.3 Å². The molecule has 7 heteroatoms. The Bertz CT molecular complexity index is 1180. The van der Waals surface area contributed by atoms with E-state index >= 15 is 0 Å². The Hall–Kier alpha value is -3.48. The monoisotopic (exact) mass is 433 g/mol. The molecule has 0 radical (unpaired) electrons. The Labute approximate surface area is 186 Å². The molecule has 0 unspecified atom stereocenters. The van der Waals surface area contributed by atoms with Gasteiger partial charge in [0.15, 0.2) is 6.61 Å². The lowest BCUT2D eigenvalue weighted by atomic mass is 9.88. The van der Waals surface area contributed by atoms with E-state index in [4.69, 9.17) is 14.5 Å². The molecule has 7 nitrogen and oxygen atoms in total. The lowest BCUT2D eigenvalue weighted by Crippen LogP contribution is -2.25. The number of fused-ring (bicyclic) bond motifs is 1. The molecule has 1 saturated carbocycles. The smallest absolute Gasteiger partial charge is 0.344 e. The average molecular weight is 434 g/mol. The van der Waals surface area contributed by atoms with E-state index in [0.29, 0.717) is 34.6 Å². The van der Waals surface area contributed by atoms with Gasteiger partial charge in [-0.25, -0.2) is 9.78 Å². The molecule has 1 aromatic heterocycles. The quantitative estimate of drug-likeness (QED) is 0.411. The van der Waals surface area contributed by atoms with Crippen LogP contribution in [0.5, 0.6) is 5.75 Å². The number of ether oxygens (including phenoxy) is 2. The van der Waals surface area contributed by atoms with E-state index in [9.17, 15) is 9.59 Å². The normalized spacial score (nSPS) is 14.7. The lowest BCUT2D eigenvalue weighted by Gasteiger charge is -2.22. The number of hydrogen-bond acceptors (Lipinski definition) is 6. The first kappa shape index (κ1) is 21.7. The zero-order valence-corrected chi connectivity index (χ0v) is 18.2. The number of carbonyl (C=O) groups is 1. The molecular formula is C25H27N3O4. The van der Waals surface area contributed by atoms with E-state index in [1.807, 2.05) is 36.4 Å². The number of para-hydroxylation sites is 2. The number of carbonyl (C=O) groups excluding carboxylic acids is 1. The number of aromatic nitrogens is 2. The second kappa shape index (κ2) is 10.2. The third kappa shape index (κ3) is 4.88. The number of benzene rings is 2. The van der Waals surface area contributed by atoms with Crippen LogP contribution in [0.4, 0.5) is 0 Å². The molecule has 1 fully saturated rings. The molecule has 0 atom stereocenters. The summed E-state index contributed by atoms with van der Waals surface area (Å²) >= 11 is 0. The minimum Gasteiger partial charge on any atom is -0.481 e. The van der Waals surface area contributed by atoms with Gasteiger partial charge in [-0.05, 0) is 44.0 Å². The van der Waals surface area contributed by atoms with Crippen LogP contribution in [0, 0.1) is 0 Å². The third-order valence-electron chi connectivity index (χ3n) is 5.63. The van der Waals surface area contributed by atoms with Gasteiger partial charge in [0, 0.05) is 11.5 Å². The highest BCUT2D eigenvalue weighted by molar-refractivity contribution is 5.84. The van der Waals surface area contributed by atoms with Crippen LogP contribution in [0.15, 0.2) is 58.4 Å². The fraction of sp³-hybridized carbons (Fsp3) is 0.360. The fourth-order valence-electron chi connectivity index (χ4n) is 4.06. The van der Waals surface area contributed by atoms with Gasteiger partial charge in [0.05, 0.1) is 23.7 Å². The van der Waals surface area contributed by atoms with Crippen molar-refractivity contribution < 1.29 is 14.3 Å². The van der Waals surface area contributed by atoms with Gasteiger partial charge in [-0.3, -0.25) is 4.79 Å². The summed E-state index contributed by atoms with van der Waals surface area (Å²) in [4.78, 5) is 29.8. The SMILES string of the molecule is CCOC(=O)COc1ccccc1C=Nn1c(C2CCCCC2)nc2ccccc2c1=O. The minimum absolute atomic E-state index is 0.183. The molecule has 166 valence electrons. The first-order valence-electron chi connectivity index (χ1n) is 11.1. The second-order valence-electron chi connectivity index (χ2n) is 7.82. The summed E-state index contributed by atoms with van der Waals surface area (Å²) in [6.45, 7) is 1.86. The molecule has 2 aromatic carbocycles. The molecule has 0 N–H and O–H groups in total. The summed E-state index contributed by atoms with van der Waals surface area (Å²) in [6.07, 6.45) is 7.05. The van der Waals surface area contributed by atoms with Gasteiger partial charge >= 0.3 is 5.97 Å². The summed E-state index contributed by atoms with van der Waals surface area (Å²) in [7, 11) is 0. The highest BCUT2D eigenvalue weighted by Crippen LogP contribution is 2.31. The fourth-order valence-corrected chi connectivity index (χ4v) is 4.06. The summed E-state index contributed by atoms with van der Waals surface area (Å²) in [5, 5.41) is 5.08. The van der Waals surface area contributed by atoms with Crippen molar-refractivity contribution in [1.29, 1.82) is 0 Å². The Morgan fingerprint density at radius 2 is 1.88 bits per heavy atom. The molecule has 4 rings (SSSR count). The number of hydrogen-bond donors (Lipinski definition) is 0. The lowest BCUT2D eigenvalue weighted by molar-refractivity contribution is -0.145. The zero-order chi connectivity index (χ0) is 22.3. The molecule has 1 aliphatic carbocycles. The van der Waals surface area contributed by atoms with Crippen molar-refractivity contribution in [2.45, 2.75) is 44.9 Å². The van der Waals surface area contributed by atoms with Gasteiger partial charge in [0.25, 0.3) is 5.56 Å². The van der Waals surface area contributed by atoms with Crippen molar-refractivity contribution in [3.8, 4) is 5.75 Å². The molecule has 1 aliphatic rings. The van der Waals surface area contributed by atoms with Gasteiger partial charge < -0.3 is 9.47 Å². The standard InChI is InChI=1S/C25H27N3O4/c1-2-31-23(29)17-32-22-15-9-6-12-19(22)16-26-28-24(18-10-4-3-5-11-18)27-21-14-8-7-13-20(21)25(28)30/h6-9,12-16,18H,2-5,10-11,17H2,1H3. The van der Waals surface area contributed by atoms with Gasteiger partial charge in [0.2, 0.25) is 0 Å². The Kier molecular flexibility index (Phi) is 6.94. The average Bonchev–Trinajstić information content (AvgIpc) is 2.83. The summed E-state index contributed by atoms with van der Waals surface area (Å²) in [6, 6.07) is 14.6. The second-order valence-corrected chi connectivity index (χ2v) is 7.82. The molecule has 1 heterocycles. The van der Waals surface area contributed by atoms with E-state index in [1.54, 1.807) is 25.3 Å². The molecule has 32 heavy (non-hydrogen) atoms. The van der Waals surface area contributed by atoms with Gasteiger partial charge in [-0.15, -0.1) is 0 Å². The van der Waals surface area contributed by atoms with Crippen molar-refractivity contribution >= 4 is 23.1 Å². The molecule has 0 spiro atoms. The van der Waals surface area contributed by atoms with Crippen LogP contribution in [0.2, 0.25) is 0 Å². The predicted molar refractivity (Wildman–Crippen MR) is 123 cm³/mol. The first-order chi connectivity index (χ1) is 15.7. The third-order valence-corrected chi connectivity index (χ3v) is 5.63. The Morgan fingerprint density at radius 1 is 1.12 bits per heavy atom. The number of nitrogens with zero attached hydrogens (tertiary/aromatic N) is 3. The van der Waals surface area contributed by atoms with Crippen LogP contribution in [-0.2, 0) is 9.53 Å². The van der Waals surface area contributed by atoms with Crippen LogP contribution >= 0.6 is 0 Å². The van der Waals surface area contributed by atoms with E-state index in [0.717, 1.165) is 25.7 Å².